The van der Waals surface area contributed by atoms with Crippen LogP contribution < -0.4 is 20.6 Å². The molecular formula is C25H25BrFN9O4. The fraction of sp³-hybridized carbons (Fsp3) is 0.280. The second-order valence-corrected chi connectivity index (χ2v) is 9.74. The van der Waals surface area contributed by atoms with E-state index in [1.54, 1.807) is 24.3 Å². The number of carbonyl (C=O) groups excluding carboxylic acids is 1. The standard InChI is InChI=1S/C25H25BrFN9O4/c1-38-21-11-17(39-14-15-4-6-16(27)7-5-15)10-19(26)18(21)12-29-31-25(37)22-20(13-35-8-2-3-9-35)30-34-36(22)24-23(28)32-40-33-24/h4-7,10-12H,2-3,8-9,13-14H2,1H3,(H2,28,32)(H,31,37)/b29-12-. The maximum absolute atomic E-state index is 13.3. The first-order valence-corrected chi connectivity index (χ1v) is 13.1. The maximum atomic E-state index is 13.3. The molecule has 3 N–H and O–H groups in total. The van der Waals surface area contributed by atoms with E-state index in [2.05, 4.69) is 56.6 Å². The van der Waals surface area contributed by atoms with E-state index < -0.39 is 5.91 Å². The second kappa shape index (κ2) is 12.2. The maximum Gasteiger partial charge on any atom is 0.292 e. The van der Waals surface area contributed by atoms with Crippen molar-refractivity contribution in [2.24, 2.45) is 5.10 Å². The van der Waals surface area contributed by atoms with Gasteiger partial charge in [-0.1, -0.05) is 17.3 Å². The molecule has 2 aromatic carbocycles. The number of aromatic nitrogens is 5. The zero-order chi connectivity index (χ0) is 28.1. The van der Waals surface area contributed by atoms with Gasteiger partial charge in [0.2, 0.25) is 11.6 Å². The summed E-state index contributed by atoms with van der Waals surface area (Å²) in [5.41, 5.74) is 10.3. The van der Waals surface area contributed by atoms with Crippen molar-refractivity contribution in [3.63, 3.8) is 0 Å². The number of hydrogen-bond acceptors (Lipinski definition) is 11. The highest BCUT2D eigenvalue weighted by Gasteiger charge is 2.27. The van der Waals surface area contributed by atoms with Crippen LogP contribution in [-0.2, 0) is 13.2 Å². The predicted octanol–water partition coefficient (Wildman–Crippen LogP) is 3.08. The average molecular weight is 614 g/mol. The Labute approximate surface area is 236 Å². The fourth-order valence-corrected chi connectivity index (χ4v) is 4.71. The molecule has 0 unspecified atom stereocenters. The first kappa shape index (κ1) is 27.2. The molecule has 5 rings (SSSR count). The van der Waals surface area contributed by atoms with Crippen LogP contribution in [0.5, 0.6) is 11.5 Å². The molecule has 4 aromatic rings. The van der Waals surface area contributed by atoms with Crippen LogP contribution in [-0.4, -0.2) is 62.5 Å². The van der Waals surface area contributed by atoms with Gasteiger partial charge in [-0.15, -0.1) is 5.10 Å². The van der Waals surface area contributed by atoms with Crippen LogP contribution in [0.1, 0.15) is 40.2 Å². The van der Waals surface area contributed by atoms with E-state index in [0.717, 1.165) is 31.5 Å². The Kier molecular flexibility index (Phi) is 8.31. The number of nitrogens with one attached hydrogen (secondary N) is 1. The summed E-state index contributed by atoms with van der Waals surface area (Å²) in [6.45, 7) is 2.47. The normalized spacial score (nSPS) is 13.7. The van der Waals surface area contributed by atoms with Crippen molar-refractivity contribution in [3.05, 3.63) is 69.2 Å². The van der Waals surface area contributed by atoms with Gasteiger partial charge in [0.25, 0.3) is 5.91 Å². The van der Waals surface area contributed by atoms with Crippen LogP contribution in [0.15, 0.2) is 50.6 Å². The van der Waals surface area contributed by atoms with Gasteiger partial charge >= 0.3 is 0 Å². The molecule has 1 fully saturated rings. The summed E-state index contributed by atoms with van der Waals surface area (Å²) in [5.74, 6) is 0.0957. The van der Waals surface area contributed by atoms with Gasteiger partial charge in [0.05, 0.1) is 18.9 Å². The summed E-state index contributed by atoms with van der Waals surface area (Å²) in [5, 5.41) is 19.7. The molecule has 0 atom stereocenters. The van der Waals surface area contributed by atoms with Gasteiger partial charge in [-0.2, -0.15) is 9.78 Å². The molecule has 13 nitrogen and oxygen atoms in total. The molecule has 0 radical (unpaired) electrons. The third-order valence-electron chi connectivity index (χ3n) is 6.19. The Bertz CT molecular complexity index is 1520. The summed E-state index contributed by atoms with van der Waals surface area (Å²) in [6, 6.07) is 9.47. The van der Waals surface area contributed by atoms with Gasteiger partial charge in [-0.25, -0.2) is 14.4 Å². The Hall–Kier alpha value is -4.37. The lowest BCUT2D eigenvalue weighted by atomic mass is 10.2. The van der Waals surface area contributed by atoms with Crippen LogP contribution in [0.4, 0.5) is 10.2 Å². The van der Waals surface area contributed by atoms with Crippen molar-refractivity contribution in [2.75, 3.05) is 25.9 Å². The molecule has 1 amide bonds. The van der Waals surface area contributed by atoms with E-state index in [0.29, 0.717) is 33.8 Å². The molecule has 1 saturated heterocycles. The first-order chi connectivity index (χ1) is 19.4. The minimum absolute atomic E-state index is 0.0365. The molecule has 1 aliphatic heterocycles. The van der Waals surface area contributed by atoms with Crippen molar-refractivity contribution in [1.82, 2.24) is 35.6 Å². The number of nitrogens with zero attached hydrogens (tertiary/aromatic N) is 7. The minimum atomic E-state index is -0.577. The topological polar surface area (TPSA) is 159 Å². The summed E-state index contributed by atoms with van der Waals surface area (Å²) in [4.78, 5) is 15.5. The van der Waals surface area contributed by atoms with Crippen LogP contribution >= 0.6 is 15.9 Å². The number of methoxy groups -OCH3 is 1. The van der Waals surface area contributed by atoms with Crippen molar-refractivity contribution >= 4 is 33.9 Å². The SMILES string of the molecule is COc1cc(OCc2ccc(F)cc2)cc(Br)c1/C=N\NC(=O)c1c(CN2CCCC2)nnn1-c1nonc1N. The number of hydrazone groups is 1. The molecular weight excluding hydrogens is 589 g/mol. The number of rotatable bonds is 10. The molecule has 0 saturated carbocycles. The number of benzene rings is 2. The van der Waals surface area contributed by atoms with Gasteiger partial charge in [-0.05, 0) is 75.9 Å². The van der Waals surface area contributed by atoms with E-state index in [4.69, 9.17) is 15.2 Å². The molecule has 0 aliphatic carbocycles. The van der Waals surface area contributed by atoms with Gasteiger partial charge in [0.1, 0.15) is 29.6 Å². The Morgan fingerprint density at radius 3 is 2.73 bits per heavy atom. The Morgan fingerprint density at radius 1 is 1.25 bits per heavy atom. The van der Waals surface area contributed by atoms with Crippen LogP contribution in [0.2, 0.25) is 0 Å². The number of ether oxygens (including phenoxy) is 2. The molecule has 0 spiro atoms. The number of likely N-dealkylation sites (tertiary alicyclic amines) is 1. The van der Waals surface area contributed by atoms with Crippen molar-refractivity contribution in [2.45, 2.75) is 26.0 Å². The number of carbonyl (C=O) groups is 1. The molecule has 208 valence electrons. The predicted molar refractivity (Wildman–Crippen MR) is 145 cm³/mol. The van der Waals surface area contributed by atoms with E-state index in [1.165, 1.54) is 30.1 Å². The van der Waals surface area contributed by atoms with Gasteiger partial charge in [-0.3, -0.25) is 9.69 Å². The van der Waals surface area contributed by atoms with E-state index in [9.17, 15) is 9.18 Å². The number of halogens is 2. The Balaban J connectivity index is 1.33. The highest BCUT2D eigenvalue weighted by molar-refractivity contribution is 9.10. The molecule has 1 aliphatic rings. The first-order valence-electron chi connectivity index (χ1n) is 12.3. The van der Waals surface area contributed by atoms with Crippen LogP contribution in [0.3, 0.4) is 0 Å². The lowest BCUT2D eigenvalue weighted by Crippen LogP contribution is -2.26. The number of nitrogens with two attached hydrogens (primary N) is 1. The lowest BCUT2D eigenvalue weighted by molar-refractivity contribution is 0.0945. The summed E-state index contributed by atoms with van der Waals surface area (Å²) in [6.07, 6.45) is 3.59. The Morgan fingerprint density at radius 2 is 2.02 bits per heavy atom. The molecule has 40 heavy (non-hydrogen) atoms. The minimum Gasteiger partial charge on any atom is -0.496 e. The summed E-state index contributed by atoms with van der Waals surface area (Å²) >= 11 is 3.50. The van der Waals surface area contributed by atoms with Gasteiger partial charge in [0.15, 0.2) is 5.69 Å². The lowest BCUT2D eigenvalue weighted by Gasteiger charge is -2.13. The van der Waals surface area contributed by atoms with Crippen LogP contribution in [0.25, 0.3) is 5.82 Å². The summed E-state index contributed by atoms with van der Waals surface area (Å²) in [7, 11) is 1.51. The second-order valence-electron chi connectivity index (χ2n) is 8.89. The number of hydrogen-bond donors (Lipinski definition) is 2. The third-order valence-corrected chi connectivity index (χ3v) is 6.84. The largest absolute Gasteiger partial charge is 0.496 e. The molecule has 0 bridgehead atoms. The quantitative estimate of drug-likeness (QED) is 0.201. The van der Waals surface area contributed by atoms with Crippen molar-refractivity contribution in [3.8, 4) is 17.3 Å². The highest BCUT2D eigenvalue weighted by atomic mass is 79.9. The van der Waals surface area contributed by atoms with E-state index >= 15 is 0 Å². The number of anilines is 1. The zero-order valence-corrected chi connectivity index (χ0v) is 23.0. The molecule has 3 heterocycles. The zero-order valence-electron chi connectivity index (χ0n) is 21.4. The van der Waals surface area contributed by atoms with Gasteiger partial charge < -0.3 is 15.2 Å². The monoisotopic (exact) mass is 613 g/mol. The molecule has 2 aromatic heterocycles. The van der Waals surface area contributed by atoms with Crippen molar-refractivity contribution in [1.29, 1.82) is 0 Å². The van der Waals surface area contributed by atoms with Crippen molar-refractivity contribution < 1.29 is 23.3 Å². The average Bonchev–Trinajstić information content (AvgIpc) is 3.71. The highest BCUT2D eigenvalue weighted by Crippen LogP contribution is 2.32. The number of nitrogen functional groups attached to an aromatic ring is 1. The van der Waals surface area contributed by atoms with E-state index in [1.807, 2.05) is 0 Å². The fourth-order valence-electron chi connectivity index (χ4n) is 4.19. The smallest absolute Gasteiger partial charge is 0.292 e. The van der Waals surface area contributed by atoms with E-state index in [-0.39, 0.29) is 29.8 Å². The molecule has 15 heteroatoms. The van der Waals surface area contributed by atoms with Crippen LogP contribution in [0, 0.1) is 5.82 Å². The summed E-state index contributed by atoms with van der Waals surface area (Å²) < 4.78 is 31.0. The van der Waals surface area contributed by atoms with Gasteiger partial charge in [0, 0.05) is 17.1 Å². The number of amides is 1. The third kappa shape index (κ3) is 6.10.